The number of amides is 1. The molecule has 1 rings (SSSR count). The highest BCUT2D eigenvalue weighted by Gasteiger charge is 2.11. The summed E-state index contributed by atoms with van der Waals surface area (Å²) in [7, 11) is 0. The van der Waals surface area contributed by atoms with Crippen LogP contribution in [-0.4, -0.2) is 23.7 Å². The second-order valence-corrected chi connectivity index (χ2v) is 4.42. The van der Waals surface area contributed by atoms with Crippen LogP contribution in [0.15, 0.2) is 24.3 Å². The number of hydrogen-bond donors (Lipinski definition) is 2. The Morgan fingerprint density at radius 2 is 2.18 bits per heavy atom. The number of benzene rings is 1. The lowest BCUT2D eigenvalue weighted by molar-refractivity contribution is -0.121. The molecule has 0 radical (unpaired) electrons. The molecule has 0 aliphatic heterocycles. The van der Waals surface area contributed by atoms with Gasteiger partial charge in [0.2, 0.25) is 5.91 Å². The molecule has 94 valence electrons. The van der Waals surface area contributed by atoms with E-state index in [1.165, 1.54) is 12.1 Å². The molecule has 1 amide bonds. The Bertz CT molecular complexity index is 379. The highest BCUT2D eigenvalue weighted by Crippen LogP contribution is 2.04. The Labute approximate surface area is 101 Å². The molecule has 0 fully saturated rings. The van der Waals surface area contributed by atoms with Crippen molar-refractivity contribution in [2.75, 3.05) is 6.54 Å². The molecular weight excluding hydrogens is 221 g/mol. The van der Waals surface area contributed by atoms with E-state index in [0.29, 0.717) is 5.56 Å². The van der Waals surface area contributed by atoms with Gasteiger partial charge in [0.25, 0.3) is 0 Å². The number of halogens is 1. The summed E-state index contributed by atoms with van der Waals surface area (Å²) in [5.74, 6) is -0.461. The van der Waals surface area contributed by atoms with Crippen LogP contribution in [0, 0.1) is 11.7 Å². The van der Waals surface area contributed by atoms with E-state index < -0.39 is 6.10 Å². The third kappa shape index (κ3) is 4.95. The first kappa shape index (κ1) is 13.6. The minimum atomic E-state index is -0.550. The van der Waals surface area contributed by atoms with E-state index in [2.05, 4.69) is 5.32 Å². The highest BCUT2D eigenvalue weighted by atomic mass is 19.1. The fourth-order valence-corrected chi connectivity index (χ4v) is 1.35. The van der Waals surface area contributed by atoms with Crippen LogP contribution in [0.1, 0.15) is 19.4 Å². The van der Waals surface area contributed by atoms with Crippen molar-refractivity contribution in [2.45, 2.75) is 26.4 Å². The Morgan fingerprint density at radius 3 is 2.76 bits per heavy atom. The fourth-order valence-electron chi connectivity index (χ4n) is 1.35. The minimum Gasteiger partial charge on any atom is -0.391 e. The standard InChI is InChI=1S/C13H18FNO2/c1-9(2)12(16)8-15-13(17)7-10-4-3-5-11(14)6-10/h3-6,9,12,16H,7-8H2,1-2H3,(H,15,17). The SMILES string of the molecule is CC(C)C(O)CNC(=O)Cc1cccc(F)c1. The largest absolute Gasteiger partial charge is 0.391 e. The number of nitrogens with one attached hydrogen (secondary N) is 1. The average Bonchev–Trinajstić information content (AvgIpc) is 2.25. The molecule has 0 saturated heterocycles. The Morgan fingerprint density at radius 1 is 1.47 bits per heavy atom. The second kappa shape index (κ2) is 6.35. The van der Waals surface area contributed by atoms with Gasteiger partial charge in [-0.3, -0.25) is 4.79 Å². The lowest BCUT2D eigenvalue weighted by Crippen LogP contribution is -2.35. The monoisotopic (exact) mass is 239 g/mol. The van der Waals surface area contributed by atoms with Gasteiger partial charge in [0.15, 0.2) is 0 Å². The van der Waals surface area contributed by atoms with Gasteiger partial charge < -0.3 is 10.4 Å². The summed E-state index contributed by atoms with van der Waals surface area (Å²) in [5.41, 5.74) is 0.626. The lowest BCUT2D eigenvalue weighted by Gasteiger charge is -2.14. The number of aliphatic hydroxyl groups is 1. The summed E-state index contributed by atoms with van der Waals surface area (Å²) >= 11 is 0. The Kier molecular flexibility index (Phi) is 5.10. The van der Waals surface area contributed by atoms with E-state index in [0.717, 1.165) is 0 Å². The maximum atomic E-state index is 12.9. The van der Waals surface area contributed by atoms with Gasteiger partial charge in [-0.15, -0.1) is 0 Å². The van der Waals surface area contributed by atoms with Crippen LogP contribution < -0.4 is 5.32 Å². The van der Waals surface area contributed by atoms with Crippen molar-refractivity contribution in [3.63, 3.8) is 0 Å². The first-order chi connectivity index (χ1) is 7.99. The topological polar surface area (TPSA) is 49.3 Å². The molecule has 1 aromatic rings. The first-order valence-corrected chi connectivity index (χ1v) is 5.68. The van der Waals surface area contributed by atoms with E-state index in [1.807, 2.05) is 13.8 Å². The molecule has 0 aromatic heterocycles. The van der Waals surface area contributed by atoms with Gasteiger partial charge in [0.05, 0.1) is 12.5 Å². The molecule has 2 N–H and O–H groups in total. The van der Waals surface area contributed by atoms with Crippen molar-refractivity contribution in [3.8, 4) is 0 Å². The first-order valence-electron chi connectivity index (χ1n) is 5.68. The van der Waals surface area contributed by atoms with Gasteiger partial charge in [0, 0.05) is 6.54 Å². The van der Waals surface area contributed by atoms with Gasteiger partial charge in [-0.25, -0.2) is 4.39 Å². The number of carbonyl (C=O) groups excluding carboxylic acids is 1. The van der Waals surface area contributed by atoms with Gasteiger partial charge in [-0.2, -0.15) is 0 Å². The van der Waals surface area contributed by atoms with Gasteiger partial charge in [-0.1, -0.05) is 26.0 Å². The maximum Gasteiger partial charge on any atom is 0.224 e. The highest BCUT2D eigenvalue weighted by molar-refractivity contribution is 5.78. The third-order valence-corrected chi connectivity index (χ3v) is 2.53. The molecule has 17 heavy (non-hydrogen) atoms. The van der Waals surface area contributed by atoms with Crippen molar-refractivity contribution < 1.29 is 14.3 Å². The van der Waals surface area contributed by atoms with E-state index in [4.69, 9.17) is 0 Å². The van der Waals surface area contributed by atoms with Crippen LogP contribution in [0.5, 0.6) is 0 Å². The van der Waals surface area contributed by atoms with E-state index >= 15 is 0 Å². The second-order valence-electron chi connectivity index (χ2n) is 4.42. The van der Waals surface area contributed by atoms with Crippen molar-refractivity contribution in [2.24, 2.45) is 5.92 Å². The smallest absolute Gasteiger partial charge is 0.224 e. The molecule has 0 spiro atoms. The molecule has 1 aromatic carbocycles. The Balaban J connectivity index is 2.40. The van der Waals surface area contributed by atoms with Crippen LogP contribution in [0.25, 0.3) is 0 Å². The van der Waals surface area contributed by atoms with Crippen molar-refractivity contribution >= 4 is 5.91 Å². The molecule has 3 nitrogen and oxygen atoms in total. The van der Waals surface area contributed by atoms with Crippen LogP contribution in [-0.2, 0) is 11.2 Å². The predicted molar refractivity (Wildman–Crippen MR) is 64.0 cm³/mol. The molecule has 1 atom stereocenters. The normalized spacial score (nSPS) is 12.5. The predicted octanol–water partition coefficient (Wildman–Crippen LogP) is 1.50. The van der Waals surface area contributed by atoms with Crippen molar-refractivity contribution in [1.29, 1.82) is 0 Å². The van der Waals surface area contributed by atoms with Gasteiger partial charge in [0.1, 0.15) is 5.82 Å². The molecule has 0 aliphatic carbocycles. The zero-order chi connectivity index (χ0) is 12.8. The van der Waals surface area contributed by atoms with E-state index in [-0.39, 0.29) is 30.6 Å². The van der Waals surface area contributed by atoms with Crippen LogP contribution in [0.4, 0.5) is 4.39 Å². The average molecular weight is 239 g/mol. The van der Waals surface area contributed by atoms with E-state index in [9.17, 15) is 14.3 Å². The quantitative estimate of drug-likeness (QED) is 0.818. The summed E-state index contributed by atoms with van der Waals surface area (Å²) in [6.07, 6.45) is -0.422. The third-order valence-electron chi connectivity index (χ3n) is 2.53. The summed E-state index contributed by atoms with van der Waals surface area (Å²) in [4.78, 5) is 11.5. The number of carbonyl (C=O) groups is 1. The van der Waals surface area contributed by atoms with Crippen LogP contribution in [0.2, 0.25) is 0 Å². The molecule has 0 heterocycles. The summed E-state index contributed by atoms with van der Waals surface area (Å²) in [5, 5.41) is 12.1. The number of rotatable bonds is 5. The van der Waals surface area contributed by atoms with Crippen LogP contribution in [0.3, 0.4) is 0 Å². The van der Waals surface area contributed by atoms with Crippen molar-refractivity contribution in [1.82, 2.24) is 5.32 Å². The van der Waals surface area contributed by atoms with Crippen molar-refractivity contribution in [3.05, 3.63) is 35.6 Å². The lowest BCUT2D eigenvalue weighted by atomic mass is 10.1. The fraction of sp³-hybridized carbons (Fsp3) is 0.462. The summed E-state index contributed by atoms with van der Waals surface area (Å²) < 4.78 is 12.9. The molecule has 1 unspecified atom stereocenters. The number of hydrogen-bond acceptors (Lipinski definition) is 2. The minimum absolute atomic E-state index is 0.101. The molecule has 4 heteroatoms. The molecular formula is C13H18FNO2. The molecule has 0 bridgehead atoms. The summed E-state index contributed by atoms with van der Waals surface area (Å²) in [6, 6.07) is 5.94. The zero-order valence-electron chi connectivity index (χ0n) is 10.1. The molecule has 0 aliphatic rings. The number of aliphatic hydroxyl groups excluding tert-OH is 1. The zero-order valence-corrected chi connectivity index (χ0v) is 10.1. The van der Waals surface area contributed by atoms with E-state index in [1.54, 1.807) is 12.1 Å². The van der Waals surface area contributed by atoms with Crippen LogP contribution >= 0.6 is 0 Å². The Hall–Kier alpha value is -1.42. The van der Waals surface area contributed by atoms with Gasteiger partial charge in [-0.05, 0) is 23.6 Å². The maximum absolute atomic E-state index is 12.9. The van der Waals surface area contributed by atoms with Gasteiger partial charge >= 0.3 is 0 Å². The molecule has 0 saturated carbocycles. The summed E-state index contributed by atoms with van der Waals surface area (Å²) in [6.45, 7) is 3.98.